The molecule has 0 spiro atoms. The predicted octanol–water partition coefficient (Wildman–Crippen LogP) is 3.86. The molecular weight excluding hydrogens is 420 g/mol. The van der Waals surface area contributed by atoms with E-state index in [-0.39, 0.29) is 16.6 Å². The van der Waals surface area contributed by atoms with Gasteiger partial charge in [-0.25, -0.2) is 13.4 Å². The van der Waals surface area contributed by atoms with Crippen LogP contribution in [0, 0.1) is 0 Å². The maximum absolute atomic E-state index is 13.0. The number of anilines is 1. The van der Waals surface area contributed by atoms with Crippen molar-refractivity contribution >= 4 is 32.8 Å². The first-order valence-corrected chi connectivity index (χ1v) is 12.2. The zero-order chi connectivity index (χ0) is 21.1. The predicted molar refractivity (Wildman–Crippen MR) is 117 cm³/mol. The molecule has 2 heterocycles. The molecular formula is C22H22N2O4S2. The minimum atomic E-state index is -3.49. The van der Waals surface area contributed by atoms with Gasteiger partial charge in [-0.1, -0.05) is 18.2 Å². The van der Waals surface area contributed by atoms with Gasteiger partial charge < -0.3 is 9.64 Å². The number of fused-ring (bicyclic) bond motifs is 1. The Morgan fingerprint density at radius 3 is 2.77 bits per heavy atom. The van der Waals surface area contributed by atoms with Crippen LogP contribution in [0.5, 0.6) is 5.75 Å². The molecule has 0 N–H and O–H groups in total. The molecule has 0 saturated heterocycles. The van der Waals surface area contributed by atoms with Crippen LogP contribution in [0.3, 0.4) is 0 Å². The average molecular weight is 443 g/mol. The number of thiazole rings is 1. The molecule has 0 fully saturated rings. The standard InChI is InChI=1S/C22H22N2O4S2/c1-16(28-18-7-3-2-4-8-18)22(25)24-12-5-6-17-14-19(9-10-20(17)24)30(26,27)15-21-23-11-13-29-21/h2-4,7-11,13-14,16H,5-6,12,15H2,1H3. The second kappa shape index (κ2) is 8.57. The van der Waals surface area contributed by atoms with Gasteiger partial charge >= 0.3 is 0 Å². The highest BCUT2D eigenvalue weighted by atomic mass is 32.2. The summed E-state index contributed by atoms with van der Waals surface area (Å²) in [6.45, 7) is 2.32. The molecule has 1 aliphatic rings. The van der Waals surface area contributed by atoms with Gasteiger partial charge in [-0.3, -0.25) is 4.79 Å². The zero-order valence-corrected chi connectivity index (χ0v) is 18.2. The molecule has 0 saturated carbocycles. The molecule has 156 valence electrons. The molecule has 1 atom stereocenters. The fourth-order valence-electron chi connectivity index (χ4n) is 3.54. The smallest absolute Gasteiger partial charge is 0.267 e. The molecule has 1 aliphatic heterocycles. The first-order valence-electron chi connectivity index (χ1n) is 9.71. The minimum Gasteiger partial charge on any atom is -0.481 e. The monoisotopic (exact) mass is 442 g/mol. The number of carbonyl (C=O) groups is 1. The third-order valence-corrected chi connectivity index (χ3v) is 7.58. The molecule has 30 heavy (non-hydrogen) atoms. The third-order valence-electron chi connectivity index (χ3n) is 5.00. The molecule has 1 unspecified atom stereocenters. The molecule has 4 rings (SSSR count). The molecule has 6 nitrogen and oxygen atoms in total. The Morgan fingerprint density at radius 1 is 1.23 bits per heavy atom. The summed E-state index contributed by atoms with van der Waals surface area (Å²) < 4.78 is 31.3. The second-order valence-electron chi connectivity index (χ2n) is 7.14. The van der Waals surface area contributed by atoms with Crippen LogP contribution in [-0.2, 0) is 26.8 Å². The Bertz CT molecular complexity index is 1130. The number of amides is 1. The SMILES string of the molecule is CC(Oc1ccccc1)C(=O)N1CCCc2cc(S(=O)(=O)Cc3nccs3)ccc21. The summed E-state index contributed by atoms with van der Waals surface area (Å²) in [7, 11) is -3.49. The lowest BCUT2D eigenvalue weighted by Gasteiger charge is -2.31. The number of para-hydroxylation sites is 1. The van der Waals surface area contributed by atoms with Crippen LogP contribution in [0.2, 0.25) is 0 Å². The molecule has 0 radical (unpaired) electrons. The number of aromatic nitrogens is 1. The van der Waals surface area contributed by atoms with E-state index in [1.807, 2.05) is 30.3 Å². The van der Waals surface area contributed by atoms with Crippen LogP contribution in [0.25, 0.3) is 0 Å². The summed E-state index contributed by atoms with van der Waals surface area (Å²) in [5, 5.41) is 2.33. The number of rotatable bonds is 6. The summed E-state index contributed by atoms with van der Waals surface area (Å²) in [6.07, 6.45) is 2.46. The molecule has 3 aromatic rings. The van der Waals surface area contributed by atoms with E-state index in [4.69, 9.17) is 4.74 Å². The number of carbonyl (C=O) groups excluding carboxylic acids is 1. The topological polar surface area (TPSA) is 76.6 Å². The van der Waals surface area contributed by atoms with E-state index in [1.54, 1.807) is 41.6 Å². The first kappa shape index (κ1) is 20.6. The van der Waals surface area contributed by atoms with Gasteiger partial charge in [0.05, 0.1) is 4.90 Å². The van der Waals surface area contributed by atoms with Gasteiger partial charge in [-0.2, -0.15) is 0 Å². The highest BCUT2D eigenvalue weighted by Gasteiger charge is 2.29. The fraction of sp³-hybridized carbons (Fsp3) is 0.273. The van der Waals surface area contributed by atoms with Gasteiger partial charge in [-0.15, -0.1) is 11.3 Å². The van der Waals surface area contributed by atoms with Gasteiger partial charge in [0.15, 0.2) is 15.9 Å². The first-order chi connectivity index (χ1) is 14.4. The van der Waals surface area contributed by atoms with E-state index in [1.165, 1.54) is 11.3 Å². The summed E-state index contributed by atoms with van der Waals surface area (Å²) in [5.41, 5.74) is 1.62. The van der Waals surface area contributed by atoms with Crippen LogP contribution < -0.4 is 9.64 Å². The fourth-order valence-corrected chi connectivity index (χ4v) is 5.84. The van der Waals surface area contributed by atoms with Crippen LogP contribution in [0.15, 0.2) is 65.0 Å². The van der Waals surface area contributed by atoms with Crippen molar-refractivity contribution in [1.82, 2.24) is 4.98 Å². The van der Waals surface area contributed by atoms with Crippen molar-refractivity contribution < 1.29 is 17.9 Å². The van der Waals surface area contributed by atoms with E-state index < -0.39 is 15.9 Å². The average Bonchev–Trinajstić information content (AvgIpc) is 3.25. The van der Waals surface area contributed by atoms with E-state index >= 15 is 0 Å². The number of nitrogens with zero attached hydrogens (tertiary/aromatic N) is 2. The zero-order valence-electron chi connectivity index (χ0n) is 16.5. The lowest BCUT2D eigenvalue weighted by atomic mass is 10.0. The van der Waals surface area contributed by atoms with Crippen molar-refractivity contribution in [1.29, 1.82) is 0 Å². The Kier molecular flexibility index (Phi) is 5.87. The number of sulfone groups is 1. The lowest BCUT2D eigenvalue weighted by molar-refractivity contribution is -0.124. The third kappa shape index (κ3) is 4.39. The summed E-state index contributed by atoms with van der Waals surface area (Å²) in [6, 6.07) is 14.2. The summed E-state index contributed by atoms with van der Waals surface area (Å²) in [5.74, 6) is 0.381. The van der Waals surface area contributed by atoms with Crippen molar-refractivity contribution in [3.8, 4) is 5.75 Å². The van der Waals surface area contributed by atoms with E-state index in [0.29, 0.717) is 17.3 Å². The Labute approximate surface area is 180 Å². The number of benzene rings is 2. The number of aryl methyl sites for hydroxylation is 1. The normalized spacial score (nSPS) is 14.8. The van der Waals surface area contributed by atoms with Crippen molar-refractivity contribution in [3.05, 3.63) is 70.7 Å². The maximum atomic E-state index is 13.0. The number of hydrogen-bond donors (Lipinski definition) is 0. The van der Waals surface area contributed by atoms with Crippen LogP contribution in [0.4, 0.5) is 5.69 Å². The van der Waals surface area contributed by atoms with Crippen LogP contribution in [0.1, 0.15) is 23.9 Å². The van der Waals surface area contributed by atoms with Gasteiger partial charge in [0.25, 0.3) is 5.91 Å². The van der Waals surface area contributed by atoms with Gasteiger partial charge in [0, 0.05) is 23.8 Å². The Hall–Kier alpha value is -2.71. The van der Waals surface area contributed by atoms with Gasteiger partial charge in [0.1, 0.15) is 16.5 Å². The van der Waals surface area contributed by atoms with E-state index in [9.17, 15) is 13.2 Å². The van der Waals surface area contributed by atoms with Crippen LogP contribution in [-0.4, -0.2) is 32.0 Å². The highest BCUT2D eigenvalue weighted by Crippen LogP contribution is 2.31. The second-order valence-corrected chi connectivity index (χ2v) is 10.1. The molecule has 0 bridgehead atoms. The van der Waals surface area contributed by atoms with E-state index in [2.05, 4.69) is 4.98 Å². The Balaban J connectivity index is 1.55. The van der Waals surface area contributed by atoms with Crippen molar-refractivity contribution in [2.75, 3.05) is 11.4 Å². The number of hydrogen-bond acceptors (Lipinski definition) is 6. The molecule has 1 aromatic heterocycles. The molecule has 1 amide bonds. The summed E-state index contributed by atoms with van der Waals surface area (Å²) in [4.78, 5) is 19.1. The van der Waals surface area contributed by atoms with Gasteiger partial charge in [-0.05, 0) is 55.7 Å². The maximum Gasteiger partial charge on any atom is 0.267 e. The molecule has 2 aromatic carbocycles. The lowest BCUT2D eigenvalue weighted by Crippen LogP contribution is -2.43. The molecule has 8 heteroatoms. The minimum absolute atomic E-state index is 0.117. The highest BCUT2D eigenvalue weighted by molar-refractivity contribution is 7.90. The van der Waals surface area contributed by atoms with Crippen LogP contribution >= 0.6 is 11.3 Å². The number of ether oxygens (including phenoxy) is 1. The van der Waals surface area contributed by atoms with Crippen molar-refractivity contribution in [3.63, 3.8) is 0 Å². The van der Waals surface area contributed by atoms with Crippen molar-refractivity contribution in [2.24, 2.45) is 0 Å². The van der Waals surface area contributed by atoms with Crippen molar-refractivity contribution in [2.45, 2.75) is 36.5 Å². The van der Waals surface area contributed by atoms with E-state index in [0.717, 1.165) is 24.1 Å². The van der Waals surface area contributed by atoms with Gasteiger partial charge in [0.2, 0.25) is 0 Å². The largest absolute Gasteiger partial charge is 0.481 e. The summed E-state index contributed by atoms with van der Waals surface area (Å²) >= 11 is 1.32. The quantitative estimate of drug-likeness (QED) is 0.579. The Morgan fingerprint density at radius 2 is 2.03 bits per heavy atom. The molecule has 0 aliphatic carbocycles.